The average molecular weight is 410 g/mol. The van der Waals surface area contributed by atoms with E-state index in [-0.39, 0.29) is 10.8 Å². The van der Waals surface area contributed by atoms with Gasteiger partial charge in [0.25, 0.3) is 10.0 Å². The topological polar surface area (TPSA) is 68.6 Å². The number of carbonyl (C=O) groups excluding carboxylic acids is 1. The third-order valence-corrected chi connectivity index (χ3v) is 7.69. The van der Waals surface area contributed by atoms with Crippen molar-refractivity contribution in [1.82, 2.24) is 9.04 Å². The van der Waals surface area contributed by atoms with Crippen LogP contribution in [-0.4, -0.2) is 36.9 Å². The fraction of sp³-hybridized carbons (Fsp3) is 0.318. The maximum absolute atomic E-state index is 13.8. The third kappa shape index (κ3) is 2.84. The molecule has 0 amide bonds. The second-order valence-electron chi connectivity index (χ2n) is 7.57. The van der Waals surface area contributed by atoms with Gasteiger partial charge in [-0.15, -0.1) is 0 Å². The Hall–Kier alpha value is -2.48. The SMILES string of the molecule is O=C[C@H]1CCCON2CCc3c(n(S(=O)(=O)c4ccccc4)c4ccccc34)[C@H]12. The van der Waals surface area contributed by atoms with E-state index in [2.05, 4.69) is 0 Å². The van der Waals surface area contributed by atoms with Crippen LogP contribution in [0.5, 0.6) is 0 Å². The van der Waals surface area contributed by atoms with E-state index >= 15 is 0 Å². The van der Waals surface area contributed by atoms with Gasteiger partial charge in [-0.25, -0.2) is 12.4 Å². The number of aldehydes is 1. The molecule has 1 aromatic heterocycles. The molecule has 0 radical (unpaired) electrons. The molecule has 3 heterocycles. The minimum atomic E-state index is -3.84. The van der Waals surface area contributed by atoms with Gasteiger partial charge in [0.2, 0.25) is 0 Å². The normalized spacial score (nSPS) is 22.6. The van der Waals surface area contributed by atoms with Gasteiger partial charge in [0.15, 0.2) is 0 Å². The van der Waals surface area contributed by atoms with Crippen molar-refractivity contribution in [1.29, 1.82) is 0 Å². The summed E-state index contributed by atoms with van der Waals surface area (Å²) >= 11 is 0. The maximum atomic E-state index is 13.8. The Balaban J connectivity index is 1.84. The van der Waals surface area contributed by atoms with E-state index in [1.54, 1.807) is 30.3 Å². The van der Waals surface area contributed by atoms with Crippen LogP contribution in [0.2, 0.25) is 0 Å². The molecule has 0 bridgehead atoms. The van der Waals surface area contributed by atoms with Crippen molar-refractivity contribution in [2.24, 2.45) is 5.92 Å². The minimum absolute atomic E-state index is 0.234. The van der Waals surface area contributed by atoms with Crippen molar-refractivity contribution in [3.63, 3.8) is 0 Å². The van der Waals surface area contributed by atoms with Crippen LogP contribution in [0.15, 0.2) is 59.5 Å². The molecule has 1 saturated heterocycles. The fourth-order valence-corrected chi connectivity index (χ4v) is 6.28. The van der Waals surface area contributed by atoms with E-state index in [1.165, 1.54) is 3.97 Å². The third-order valence-electron chi connectivity index (χ3n) is 5.95. The second-order valence-corrected chi connectivity index (χ2v) is 9.36. The molecule has 2 aromatic carbocycles. The molecule has 2 aliphatic heterocycles. The molecule has 0 spiro atoms. The predicted octanol–water partition coefficient (Wildman–Crippen LogP) is 3.32. The van der Waals surface area contributed by atoms with Crippen molar-refractivity contribution in [3.05, 3.63) is 65.9 Å². The molecule has 0 N–H and O–H groups in total. The largest absolute Gasteiger partial charge is 0.303 e. The van der Waals surface area contributed by atoms with E-state index in [1.807, 2.05) is 29.3 Å². The maximum Gasteiger partial charge on any atom is 0.268 e. The first-order valence-corrected chi connectivity index (χ1v) is 11.3. The summed E-state index contributed by atoms with van der Waals surface area (Å²) in [6.45, 7) is 1.18. The fourth-order valence-electron chi connectivity index (χ4n) is 4.67. The summed E-state index contributed by atoms with van der Waals surface area (Å²) in [5, 5.41) is 2.75. The number of carbonyl (C=O) groups is 1. The van der Waals surface area contributed by atoms with Crippen molar-refractivity contribution >= 4 is 27.2 Å². The molecule has 1 fully saturated rings. The van der Waals surface area contributed by atoms with E-state index in [4.69, 9.17) is 4.84 Å². The smallest absolute Gasteiger partial charge is 0.268 e. The Labute approximate surface area is 169 Å². The quantitative estimate of drug-likeness (QED) is 0.620. The Morgan fingerprint density at radius 1 is 1.03 bits per heavy atom. The van der Waals surface area contributed by atoms with Crippen LogP contribution < -0.4 is 0 Å². The molecule has 6 nitrogen and oxygen atoms in total. The lowest BCUT2D eigenvalue weighted by molar-refractivity contribution is -0.192. The summed E-state index contributed by atoms with van der Waals surface area (Å²) < 4.78 is 29.0. The lowest BCUT2D eigenvalue weighted by atomic mass is 9.88. The van der Waals surface area contributed by atoms with Crippen molar-refractivity contribution in [2.45, 2.75) is 30.2 Å². The number of hydrogen-bond acceptors (Lipinski definition) is 5. The first kappa shape index (κ1) is 18.5. The number of fused-ring (bicyclic) bond motifs is 5. The van der Waals surface area contributed by atoms with Crippen LogP contribution >= 0.6 is 0 Å². The van der Waals surface area contributed by atoms with E-state index in [0.717, 1.165) is 23.7 Å². The highest BCUT2D eigenvalue weighted by molar-refractivity contribution is 7.90. The van der Waals surface area contributed by atoms with Gasteiger partial charge in [-0.3, -0.25) is 4.84 Å². The number of hydroxylamine groups is 2. The first-order chi connectivity index (χ1) is 14.1. The highest BCUT2D eigenvalue weighted by Gasteiger charge is 2.42. The summed E-state index contributed by atoms with van der Waals surface area (Å²) in [6, 6.07) is 15.6. The van der Waals surface area contributed by atoms with Gasteiger partial charge in [0, 0.05) is 17.8 Å². The number of rotatable bonds is 3. The Bertz CT molecular complexity index is 1170. The minimum Gasteiger partial charge on any atom is -0.303 e. The number of benzene rings is 2. The zero-order valence-electron chi connectivity index (χ0n) is 15.9. The summed E-state index contributed by atoms with van der Waals surface area (Å²) in [5.41, 5.74) is 2.32. The van der Waals surface area contributed by atoms with Crippen LogP contribution in [0.1, 0.15) is 30.1 Å². The summed E-state index contributed by atoms with van der Waals surface area (Å²) in [7, 11) is -3.84. The zero-order chi connectivity index (χ0) is 20.0. The zero-order valence-corrected chi connectivity index (χ0v) is 16.7. The van der Waals surface area contributed by atoms with Crippen LogP contribution in [0.3, 0.4) is 0 Å². The standard InChI is InChI=1S/C22H22N2O4S/c25-15-16-7-6-14-28-23-13-12-19-18-10-4-5-11-20(18)24(22(19)21(16)23)29(26,27)17-8-2-1-3-9-17/h1-5,8-11,15-16,21H,6-7,12-14H2/t16-,21+/m1/s1. The predicted molar refractivity (Wildman–Crippen MR) is 109 cm³/mol. The molecule has 29 heavy (non-hydrogen) atoms. The van der Waals surface area contributed by atoms with Crippen molar-refractivity contribution < 1.29 is 18.0 Å². The van der Waals surface area contributed by atoms with Gasteiger partial charge < -0.3 is 4.79 Å². The van der Waals surface area contributed by atoms with Gasteiger partial charge >= 0.3 is 0 Å². The average Bonchev–Trinajstić information content (AvgIpc) is 2.95. The van der Waals surface area contributed by atoms with Gasteiger partial charge in [0.05, 0.1) is 28.8 Å². The number of nitrogens with zero attached hydrogens (tertiary/aromatic N) is 2. The molecule has 7 heteroatoms. The van der Waals surface area contributed by atoms with Crippen LogP contribution in [0.4, 0.5) is 0 Å². The number of aromatic nitrogens is 1. The number of para-hydroxylation sites is 1. The highest BCUT2D eigenvalue weighted by atomic mass is 32.2. The molecular formula is C22H22N2O4S. The summed E-state index contributed by atoms with van der Waals surface area (Å²) in [5.74, 6) is -0.314. The van der Waals surface area contributed by atoms with Crippen LogP contribution in [0.25, 0.3) is 10.9 Å². The summed E-state index contributed by atoms with van der Waals surface area (Å²) in [6.07, 6.45) is 3.09. The van der Waals surface area contributed by atoms with E-state index in [0.29, 0.717) is 37.2 Å². The molecule has 0 unspecified atom stereocenters. The van der Waals surface area contributed by atoms with E-state index in [9.17, 15) is 13.2 Å². The van der Waals surface area contributed by atoms with Gasteiger partial charge in [-0.1, -0.05) is 36.4 Å². The second kappa shape index (κ2) is 7.09. The molecule has 0 aliphatic carbocycles. The van der Waals surface area contributed by atoms with Crippen molar-refractivity contribution in [2.75, 3.05) is 13.2 Å². The Morgan fingerprint density at radius 2 is 1.79 bits per heavy atom. The monoisotopic (exact) mass is 410 g/mol. The van der Waals surface area contributed by atoms with Crippen molar-refractivity contribution in [3.8, 4) is 0 Å². The molecule has 2 atom stereocenters. The van der Waals surface area contributed by atoms with Crippen LogP contribution in [-0.2, 0) is 26.1 Å². The molecule has 2 aliphatic rings. The lowest BCUT2D eigenvalue weighted by Gasteiger charge is -2.36. The molecular weight excluding hydrogens is 388 g/mol. The Morgan fingerprint density at radius 3 is 2.59 bits per heavy atom. The van der Waals surface area contributed by atoms with Gasteiger partial charge in [-0.05, 0) is 43.0 Å². The summed E-state index contributed by atoms with van der Waals surface area (Å²) in [4.78, 5) is 18.1. The first-order valence-electron chi connectivity index (χ1n) is 9.90. The van der Waals surface area contributed by atoms with Gasteiger partial charge in [-0.2, -0.15) is 5.06 Å². The molecule has 150 valence electrons. The van der Waals surface area contributed by atoms with Crippen LogP contribution in [0, 0.1) is 5.92 Å². The Kier molecular flexibility index (Phi) is 4.53. The van der Waals surface area contributed by atoms with Gasteiger partial charge in [0.1, 0.15) is 6.29 Å². The molecule has 0 saturated carbocycles. The molecule has 5 rings (SSSR count). The number of hydrogen-bond donors (Lipinski definition) is 0. The molecule has 3 aromatic rings. The highest BCUT2D eigenvalue weighted by Crippen LogP contribution is 2.44. The van der Waals surface area contributed by atoms with E-state index < -0.39 is 16.1 Å². The lowest BCUT2D eigenvalue weighted by Crippen LogP contribution is -2.40.